The summed E-state index contributed by atoms with van der Waals surface area (Å²) in [6.45, 7) is 5.70. The Labute approximate surface area is 98.1 Å². The normalized spacial score (nSPS) is 10.8. The molecule has 96 valence electrons. The van der Waals surface area contributed by atoms with Gasteiger partial charge in [0.15, 0.2) is 0 Å². The van der Waals surface area contributed by atoms with E-state index in [0.29, 0.717) is 13.2 Å². The molecule has 0 rings (SSSR count). The van der Waals surface area contributed by atoms with E-state index < -0.39 is 0 Å². The van der Waals surface area contributed by atoms with Crippen molar-refractivity contribution in [2.75, 3.05) is 53.6 Å². The second-order valence-electron chi connectivity index (χ2n) is 3.62. The third-order valence-electron chi connectivity index (χ3n) is 2.11. The van der Waals surface area contributed by atoms with Gasteiger partial charge in [0.05, 0.1) is 13.2 Å². The van der Waals surface area contributed by atoms with Crippen molar-refractivity contribution in [3.8, 4) is 0 Å². The highest BCUT2D eigenvalue weighted by Crippen LogP contribution is 1.88. The maximum absolute atomic E-state index is 10.9. The van der Waals surface area contributed by atoms with Gasteiger partial charge in [0.25, 0.3) is 0 Å². The molecule has 0 aliphatic rings. The first kappa shape index (κ1) is 15.3. The first-order chi connectivity index (χ1) is 7.70. The van der Waals surface area contributed by atoms with Gasteiger partial charge in [-0.2, -0.15) is 0 Å². The van der Waals surface area contributed by atoms with Crippen LogP contribution in [0.15, 0.2) is 0 Å². The standard InChI is InChI=1S/C11H24N2O3/c1-4-16-11(14)10-15-9-8-13(3)7-5-6-12-2/h12H,4-10H2,1-3H3. The lowest BCUT2D eigenvalue weighted by Gasteiger charge is -2.16. The number of hydrogen-bond donors (Lipinski definition) is 1. The minimum atomic E-state index is -0.291. The van der Waals surface area contributed by atoms with Crippen LogP contribution in [-0.2, 0) is 14.3 Å². The average Bonchev–Trinajstić information content (AvgIpc) is 2.25. The third kappa shape index (κ3) is 9.89. The number of nitrogens with one attached hydrogen (secondary N) is 1. The van der Waals surface area contributed by atoms with E-state index in [0.717, 1.165) is 26.1 Å². The number of ether oxygens (including phenoxy) is 2. The summed E-state index contributed by atoms with van der Waals surface area (Å²) in [6, 6.07) is 0. The van der Waals surface area contributed by atoms with Crippen LogP contribution >= 0.6 is 0 Å². The maximum Gasteiger partial charge on any atom is 0.332 e. The average molecular weight is 232 g/mol. The Bertz CT molecular complexity index is 177. The van der Waals surface area contributed by atoms with E-state index in [2.05, 4.69) is 10.2 Å². The first-order valence-electron chi connectivity index (χ1n) is 5.77. The summed E-state index contributed by atoms with van der Waals surface area (Å²) in [6.07, 6.45) is 1.12. The fourth-order valence-corrected chi connectivity index (χ4v) is 1.22. The molecule has 0 atom stereocenters. The van der Waals surface area contributed by atoms with Crippen LogP contribution in [0.3, 0.4) is 0 Å². The Morgan fingerprint density at radius 3 is 2.75 bits per heavy atom. The highest BCUT2D eigenvalue weighted by atomic mass is 16.6. The van der Waals surface area contributed by atoms with Crippen LogP contribution in [0.25, 0.3) is 0 Å². The van der Waals surface area contributed by atoms with Crippen LogP contribution in [-0.4, -0.2) is 64.4 Å². The van der Waals surface area contributed by atoms with Gasteiger partial charge in [0.2, 0.25) is 0 Å². The van der Waals surface area contributed by atoms with Gasteiger partial charge in [-0.3, -0.25) is 0 Å². The molecule has 5 nitrogen and oxygen atoms in total. The minimum absolute atomic E-state index is 0.0538. The molecular formula is C11H24N2O3. The van der Waals surface area contributed by atoms with Gasteiger partial charge in [-0.05, 0) is 40.5 Å². The second kappa shape index (κ2) is 10.9. The molecule has 0 aliphatic heterocycles. The van der Waals surface area contributed by atoms with Gasteiger partial charge >= 0.3 is 5.97 Å². The molecule has 1 N–H and O–H groups in total. The van der Waals surface area contributed by atoms with E-state index in [1.807, 2.05) is 14.1 Å². The molecule has 0 radical (unpaired) electrons. The monoisotopic (exact) mass is 232 g/mol. The number of rotatable bonds is 10. The number of nitrogens with zero attached hydrogens (tertiary/aromatic N) is 1. The van der Waals surface area contributed by atoms with E-state index in [1.165, 1.54) is 0 Å². The molecule has 0 unspecified atom stereocenters. The number of carbonyl (C=O) groups is 1. The Kier molecular flexibility index (Phi) is 10.4. The lowest BCUT2D eigenvalue weighted by Crippen LogP contribution is -2.27. The molecule has 16 heavy (non-hydrogen) atoms. The number of likely N-dealkylation sites (N-methyl/N-ethyl adjacent to an activating group) is 1. The number of carbonyl (C=O) groups excluding carboxylic acids is 1. The molecule has 0 fully saturated rings. The highest BCUT2D eigenvalue weighted by molar-refractivity contribution is 5.70. The van der Waals surface area contributed by atoms with Gasteiger partial charge in [0.1, 0.15) is 6.61 Å². The fraction of sp³-hybridized carbons (Fsp3) is 0.909. The van der Waals surface area contributed by atoms with E-state index in [1.54, 1.807) is 6.92 Å². The van der Waals surface area contributed by atoms with Gasteiger partial charge in [-0.1, -0.05) is 0 Å². The number of esters is 1. The zero-order chi connectivity index (χ0) is 12.2. The molecule has 0 saturated carbocycles. The highest BCUT2D eigenvalue weighted by Gasteiger charge is 2.02. The Hall–Kier alpha value is -0.650. The lowest BCUT2D eigenvalue weighted by atomic mass is 10.4. The Morgan fingerprint density at radius 2 is 2.12 bits per heavy atom. The summed E-state index contributed by atoms with van der Waals surface area (Å²) in [7, 11) is 3.99. The van der Waals surface area contributed by atoms with Crippen molar-refractivity contribution in [2.24, 2.45) is 0 Å². The molecular weight excluding hydrogens is 208 g/mol. The van der Waals surface area contributed by atoms with Gasteiger partial charge in [-0.15, -0.1) is 0 Å². The molecule has 0 aromatic rings. The van der Waals surface area contributed by atoms with Crippen LogP contribution < -0.4 is 5.32 Å². The molecule has 0 amide bonds. The zero-order valence-corrected chi connectivity index (χ0v) is 10.6. The summed E-state index contributed by atoms with van der Waals surface area (Å²) in [5.41, 5.74) is 0. The molecule has 0 aromatic carbocycles. The van der Waals surface area contributed by atoms with Crippen molar-refractivity contribution in [2.45, 2.75) is 13.3 Å². The van der Waals surface area contributed by atoms with Crippen molar-refractivity contribution in [3.63, 3.8) is 0 Å². The van der Waals surface area contributed by atoms with Crippen LogP contribution in [0, 0.1) is 0 Å². The van der Waals surface area contributed by atoms with Crippen molar-refractivity contribution in [3.05, 3.63) is 0 Å². The van der Waals surface area contributed by atoms with Crippen LogP contribution in [0.2, 0.25) is 0 Å². The van der Waals surface area contributed by atoms with Crippen molar-refractivity contribution in [1.82, 2.24) is 10.2 Å². The lowest BCUT2D eigenvalue weighted by molar-refractivity contribution is -0.148. The molecule has 0 saturated heterocycles. The van der Waals surface area contributed by atoms with E-state index in [-0.39, 0.29) is 12.6 Å². The van der Waals surface area contributed by atoms with Crippen molar-refractivity contribution < 1.29 is 14.3 Å². The smallest absolute Gasteiger partial charge is 0.332 e. The predicted molar refractivity (Wildman–Crippen MR) is 63.5 cm³/mol. The van der Waals surface area contributed by atoms with E-state index >= 15 is 0 Å². The minimum Gasteiger partial charge on any atom is -0.464 e. The SMILES string of the molecule is CCOC(=O)COCCN(C)CCCNC. The van der Waals surface area contributed by atoms with Gasteiger partial charge < -0.3 is 19.7 Å². The maximum atomic E-state index is 10.9. The fourth-order valence-electron chi connectivity index (χ4n) is 1.22. The molecule has 0 spiro atoms. The quantitative estimate of drug-likeness (QED) is 0.428. The summed E-state index contributed by atoms with van der Waals surface area (Å²) in [5.74, 6) is -0.291. The second-order valence-corrected chi connectivity index (χ2v) is 3.62. The Morgan fingerprint density at radius 1 is 1.38 bits per heavy atom. The van der Waals surface area contributed by atoms with E-state index in [4.69, 9.17) is 9.47 Å². The van der Waals surface area contributed by atoms with Crippen LogP contribution in [0.5, 0.6) is 0 Å². The summed E-state index contributed by atoms with van der Waals surface area (Å²) in [4.78, 5) is 13.1. The molecule has 0 aliphatic carbocycles. The van der Waals surface area contributed by atoms with E-state index in [9.17, 15) is 4.79 Å². The van der Waals surface area contributed by atoms with Crippen LogP contribution in [0.1, 0.15) is 13.3 Å². The largest absolute Gasteiger partial charge is 0.464 e. The number of hydrogen-bond acceptors (Lipinski definition) is 5. The predicted octanol–water partition coefficient (Wildman–Crippen LogP) is 0.107. The molecule has 0 aromatic heterocycles. The first-order valence-corrected chi connectivity index (χ1v) is 5.77. The van der Waals surface area contributed by atoms with Crippen molar-refractivity contribution >= 4 is 5.97 Å². The third-order valence-corrected chi connectivity index (χ3v) is 2.11. The van der Waals surface area contributed by atoms with Gasteiger partial charge in [0, 0.05) is 6.54 Å². The van der Waals surface area contributed by atoms with Crippen molar-refractivity contribution in [1.29, 1.82) is 0 Å². The summed E-state index contributed by atoms with van der Waals surface area (Å²) < 4.78 is 9.94. The molecule has 0 heterocycles. The van der Waals surface area contributed by atoms with Crippen LogP contribution in [0.4, 0.5) is 0 Å². The molecule has 0 bridgehead atoms. The Balaban J connectivity index is 3.26. The summed E-state index contributed by atoms with van der Waals surface area (Å²) >= 11 is 0. The zero-order valence-electron chi connectivity index (χ0n) is 10.6. The summed E-state index contributed by atoms with van der Waals surface area (Å²) in [5, 5.41) is 3.10. The topological polar surface area (TPSA) is 50.8 Å². The van der Waals surface area contributed by atoms with Gasteiger partial charge in [-0.25, -0.2) is 4.79 Å². The molecule has 5 heteroatoms.